The second kappa shape index (κ2) is 7.74. The summed E-state index contributed by atoms with van der Waals surface area (Å²) in [7, 11) is -2.79. The summed E-state index contributed by atoms with van der Waals surface area (Å²) in [5.74, 6) is 0. The number of nitrogens with zero attached hydrogens (tertiary/aromatic N) is 1. The maximum Gasteiger partial charge on any atom is 0.421 e. The minimum Gasteiger partial charge on any atom is -0.379 e. The third-order valence-electron chi connectivity index (χ3n) is 2.76. The molecule has 1 heterocycles. The summed E-state index contributed by atoms with van der Waals surface area (Å²) in [4.78, 5) is 10.6. The van der Waals surface area contributed by atoms with Gasteiger partial charge in [-0.3, -0.25) is 0 Å². The topological polar surface area (TPSA) is 117 Å². The summed E-state index contributed by atoms with van der Waals surface area (Å²) in [6.45, 7) is 2.82. The number of rotatable bonds is 6. The monoisotopic (exact) mass is 312 g/mol. The molecule has 0 unspecified atom stereocenters. The van der Waals surface area contributed by atoms with Crippen LogP contribution >= 0.6 is 0 Å². The van der Waals surface area contributed by atoms with Gasteiger partial charge in [-0.25, -0.2) is 4.79 Å². The van der Waals surface area contributed by atoms with E-state index in [2.05, 4.69) is 4.18 Å². The Bertz CT molecular complexity index is 414. The van der Waals surface area contributed by atoms with Crippen molar-refractivity contribution in [2.24, 2.45) is 5.73 Å². The van der Waals surface area contributed by atoms with Crippen LogP contribution in [0.15, 0.2) is 0 Å². The normalized spacial score (nSPS) is 25.1. The lowest BCUT2D eigenvalue weighted by Crippen LogP contribution is -2.43. The van der Waals surface area contributed by atoms with Gasteiger partial charge < -0.3 is 24.1 Å². The predicted octanol–water partition coefficient (Wildman–Crippen LogP) is -0.921. The molecular weight excluding hydrogens is 292 g/mol. The lowest BCUT2D eigenvalue weighted by molar-refractivity contribution is -0.0777. The summed E-state index contributed by atoms with van der Waals surface area (Å²) >= 11 is 0. The highest BCUT2D eigenvalue weighted by Crippen LogP contribution is 2.15. The van der Waals surface area contributed by atoms with Crippen molar-refractivity contribution in [2.45, 2.75) is 19.1 Å². The summed E-state index contributed by atoms with van der Waals surface area (Å²) in [5.41, 5.74) is 4.73. The van der Waals surface area contributed by atoms with E-state index in [0.717, 1.165) is 4.31 Å². The molecule has 2 atom stereocenters. The van der Waals surface area contributed by atoms with Crippen LogP contribution in [0.2, 0.25) is 0 Å². The molecule has 0 spiro atoms. The number of nitrogens with two attached hydrogens (primary N) is 1. The first kappa shape index (κ1) is 17.1. The Hall–Kier alpha value is -0.940. The van der Waals surface area contributed by atoms with E-state index in [1.54, 1.807) is 0 Å². The van der Waals surface area contributed by atoms with Crippen molar-refractivity contribution in [1.82, 2.24) is 4.31 Å². The van der Waals surface area contributed by atoms with Gasteiger partial charge in [-0.15, -0.1) is 0 Å². The Balaban J connectivity index is 2.76. The molecule has 1 rings (SSSR count). The molecule has 0 aromatic carbocycles. The van der Waals surface area contributed by atoms with Crippen molar-refractivity contribution >= 4 is 16.4 Å². The fourth-order valence-electron chi connectivity index (χ4n) is 1.80. The van der Waals surface area contributed by atoms with Crippen LogP contribution in [-0.4, -0.2) is 71.0 Å². The molecule has 10 heteroatoms. The molecule has 0 radical (unpaired) electrons. The average molecular weight is 312 g/mol. The standard InChI is InChI=1S/C10H20N2O7S/c1-3-17-7-9-8(16-2)6-12(4-5-18-9)20(14,15)19-10(11)13/h8-9H,3-7H2,1-2H3,(H2,11,13)/t8-,9+/m0/s1. The van der Waals surface area contributed by atoms with Gasteiger partial charge in [0.1, 0.15) is 6.10 Å². The Morgan fingerprint density at radius 3 is 2.75 bits per heavy atom. The summed E-state index contributed by atoms with van der Waals surface area (Å²) in [5, 5.41) is 0. The Morgan fingerprint density at radius 2 is 2.20 bits per heavy atom. The highest BCUT2D eigenvalue weighted by atomic mass is 32.2. The van der Waals surface area contributed by atoms with Crippen LogP contribution in [0.1, 0.15) is 6.92 Å². The molecule has 0 bridgehead atoms. The van der Waals surface area contributed by atoms with Crippen molar-refractivity contribution in [3.63, 3.8) is 0 Å². The first-order valence-electron chi connectivity index (χ1n) is 6.11. The fourth-order valence-corrected chi connectivity index (χ4v) is 2.74. The third kappa shape index (κ3) is 4.87. The van der Waals surface area contributed by atoms with E-state index < -0.39 is 28.6 Å². The zero-order valence-electron chi connectivity index (χ0n) is 11.5. The van der Waals surface area contributed by atoms with Gasteiger partial charge in [-0.1, -0.05) is 0 Å². The van der Waals surface area contributed by atoms with Crippen molar-refractivity contribution in [2.75, 3.05) is 40.0 Å². The van der Waals surface area contributed by atoms with Gasteiger partial charge in [0.2, 0.25) is 0 Å². The van der Waals surface area contributed by atoms with Crippen LogP contribution in [0.25, 0.3) is 0 Å². The Morgan fingerprint density at radius 1 is 1.50 bits per heavy atom. The van der Waals surface area contributed by atoms with Gasteiger partial charge in [0.05, 0.1) is 19.3 Å². The molecule has 1 amide bonds. The number of carbonyl (C=O) groups is 1. The van der Waals surface area contributed by atoms with Gasteiger partial charge in [0.25, 0.3) is 0 Å². The van der Waals surface area contributed by atoms with Crippen molar-refractivity contribution in [3.8, 4) is 0 Å². The molecule has 1 saturated heterocycles. The molecule has 1 fully saturated rings. The number of hydrogen-bond acceptors (Lipinski definition) is 7. The molecule has 1 aliphatic heterocycles. The maximum absolute atomic E-state index is 11.8. The quantitative estimate of drug-likeness (QED) is 0.674. The van der Waals surface area contributed by atoms with E-state index in [4.69, 9.17) is 19.9 Å². The minimum absolute atomic E-state index is 0.0101. The molecule has 9 nitrogen and oxygen atoms in total. The summed E-state index contributed by atoms with van der Waals surface area (Å²) in [6, 6.07) is 0. The number of ether oxygens (including phenoxy) is 3. The van der Waals surface area contributed by atoms with Gasteiger partial charge in [-0.2, -0.15) is 12.7 Å². The summed E-state index contributed by atoms with van der Waals surface area (Å²) in [6.07, 6.45) is -2.31. The molecule has 118 valence electrons. The highest BCUT2D eigenvalue weighted by molar-refractivity contribution is 7.84. The first-order valence-corrected chi connectivity index (χ1v) is 7.48. The van der Waals surface area contributed by atoms with Crippen LogP contribution in [0.4, 0.5) is 4.79 Å². The second-order valence-corrected chi connectivity index (χ2v) is 5.60. The number of methoxy groups -OCH3 is 1. The Kier molecular flexibility index (Phi) is 6.62. The maximum atomic E-state index is 11.8. The smallest absolute Gasteiger partial charge is 0.379 e. The van der Waals surface area contributed by atoms with E-state index in [-0.39, 0.29) is 19.7 Å². The highest BCUT2D eigenvalue weighted by Gasteiger charge is 2.35. The molecule has 2 N–H and O–H groups in total. The largest absolute Gasteiger partial charge is 0.421 e. The van der Waals surface area contributed by atoms with Gasteiger partial charge in [0, 0.05) is 26.8 Å². The molecule has 20 heavy (non-hydrogen) atoms. The van der Waals surface area contributed by atoms with E-state index in [1.807, 2.05) is 6.92 Å². The van der Waals surface area contributed by atoms with Crippen LogP contribution in [-0.2, 0) is 28.7 Å². The molecule has 0 aromatic rings. The van der Waals surface area contributed by atoms with E-state index in [0.29, 0.717) is 13.2 Å². The second-order valence-electron chi connectivity index (χ2n) is 4.06. The zero-order chi connectivity index (χ0) is 15.2. The fraction of sp³-hybridized carbons (Fsp3) is 0.900. The number of hydrogen-bond donors (Lipinski definition) is 1. The van der Waals surface area contributed by atoms with Crippen LogP contribution < -0.4 is 5.73 Å². The molecule has 0 aromatic heterocycles. The first-order chi connectivity index (χ1) is 9.40. The lowest BCUT2D eigenvalue weighted by atomic mass is 10.2. The number of primary amides is 1. The van der Waals surface area contributed by atoms with Crippen molar-refractivity contribution < 1.29 is 31.6 Å². The molecule has 1 aliphatic rings. The molecule has 0 aliphatic carbocycles. The number of amides is 1. The predicted molar refractivity (Wildman–Crippen MR) is 68.2 cm³/mol. The van der Waals surface area contributed by atoms with Crippen LogP contribution in [0.3, 0.4) is 0 Å². The molecular formula is C10H20N2O7S. The van der Waals surface area contributed by atoms with Crippen LogP contribution in [0.5, 0.6) is 0 Å². The number of carbonyl (C=O) groups excluding carboxylic acids is 1. The van der Waals surface area contributed by atoms with Gasteiger partial charge >= 0.3 is 16.4 Å². The average Bonchev–Trinajstić information content (AvgIpc) is 2.57. The van der Waals surface area contributed by atoms with Crippen LogP contribution in [0, 0.1) is 0 Å². The van der Waals surface area contributed by atoms with Gasteiger partial charge in [0.15, 0.2) is 0 Å². The van der Waals surface area contributed by atoms with E-state index >= 15 is 0 Å². The minimum atomic E-state index is -4.23. The zero-order valence-corrected chi connectivity index (χ0v) is 12.3. The van der Waals surface area contributed by atoms with Crippen molar-refractivity contribution in [3.05, 3.63) is 0 Å². The Labute approximate surface area is 118 Å². The van der Waals surface area contributed by atoms with Crippen molar-refractivity contribution in [1.29, 1.82) is 0 Å². The third-order valence-corrected chi connectivity index (χ3v) is 4.10. The van der Waals surface area contributed by atoms with E-state index in [9.17, 15) is 13.2 Å². The van der Waals surface area contributed by atoms with E-state index in [1.165, 1.54) is 7.11 Å². The molecule has 0 saturated carbocycles. The van der Waals surface area contributed by atoms with Gasteiger partial charge in [-0.05, 0) is 6.92 Å². The lowest BCUT2D eigenvalue weighted by Gasteiger charge is -2.25. The summed E-state index contributed by atoms with van der Waals surface area (Å²) < 4.78 is 44.7. The SMILES string of the molecule is CCOC[C@H]1OCCN(S(=O)(=O)OC(N)=O)C[C@@H]1OC.